The number of phenols is 1. The van der Waals surface area contributed by atoms with E-state index in [4.69, 9.17) is 4.99 Å². The molecule has 1 atom stereocenters. The Morgan fingerprint density at radius 3 is 2.47 bits per heavy atom. The lowest BCUT2D eigenvalue weighted by Crippen LogP contribution is -2.38. The zero-order valence-corrected chi connectivity index (χ0v) is 23.0. The molecule has 1 aromatic heterocycles. The monoisotopic (exact) mass is 688 g/mol. The lowest BCUT2D eigenvalue weighted by molar-refractivity contribution is 0.467. The normalized spacial score (nSPS) is 17.1. The minimum atomic E-state index is -0.164. The molecule has 0 radical (unpaired) electrons. The first-order valence-electron chi connectivity index (χ1n) is 10.9. The fraction of sp³-hybridized carbons (Fsp3) is 0.111. The molecule has 3 aromatic carbocycles. The molecule has 0 bridgehead atoms. The summed E-state index contributed by atoms with van der Waals surface area (Å²) in [5.74, 6) is 0.273. The quantitative estimate of drug-likeness (QED) is 0.294. The van der Waals surface area contributed by atoms with Crippen LogP contribution in [-0.4, -0.2) is 9.67 Å². The second-order valence-electron chi connectivity index (χ2n) is 8.36. The van der Waals surface area contributed by atoms with Gasteiger partial charge in [0.15, 0.2) is 4.80 Å². The average molecular weight is 688 g/mol. The van der Waals surface area contributed by atoms with Crippen LogP contribution < -0.4 is 14.9 Å². The standard InChI is InChI=1S/C27H18I2N2O2S/c28-20-12-15(13-21(29)25(20)32)14-22-26(33)31-24(17-7-2-1-3-8-17)19-11-10-16-6-4-5-9-18(16)23(19)30-27(31)34-22/h1-9,12-14,24,32H,10-11H2/b22-14+/t24-/m0/s1. The highest BCUT2D eigenvalue weighted by Crippen LogP contribution is 2.41. The maximum atomic E-state index is 13.8. The fourth-order valence-electron chi connectivity index (χ4n) is 4.78. The lowest BCUT2D eigenvalue weighted by Gasteiger charge is -2.30. The molecule has 2 aliphatic rings. The van der Waals surface area contributed by atoms with Gasteiger partial charge >= 0.3 is 0 Å². The predicted molar refractivity (Wildman–Crippen MR) is 153 cm³/mol. The molecule has 1 N–H and O–H groups in total. The largest absolute Gasteiger partial charge is 0.506 e. The van der Waals surface area contributed by atoms with E-state index in [1.54, 1.807) is 0 Å². The van der Waals surface area contributed by atoms with Crippen molar-refractivity contribution in [3.8, 4) is 5.75 Å². The molecule has 168 valence electrons. The number of fused-ring (bicyclic) bond motifs is 3. The molecule has 0 saturated heterocycles. The maximum Gasteiger partial charge on any atom is 0.271 e. The maximum absolute atomic E-state index is 13.8. The number of aryl methyl sites for hydroxylation is 1. The summed E-state index contributed by atoms with van der Waals surface area (Å²) in [7, 11) is 0. The third kappa shape index (κ3) is 3.68. The Morgan fingerprint density at radius 1 is 1.00 bits per heavy atom. The van der Waals surface area contributed by atoms with Crippen LogP contribution in [0.15, 0.2) is 82.1 Å². The number of rotatable bonds is 2. The van der Waals surface area contributed by atoms with Gasteiger partial charge in [0.25, 0.3) is 5.56 Å². The smallest absolute Gasteiger partial charge is 0.271 e. The summed E-state index contributed by atoms with van der Waals surface area (Å²) in [4.78, 5) is 19.5. The summed E-state index contributed by atoms with van der Waals surface area (Å²) in [6, 6.07) is 22.4. The zero-order valence-electron chi connectivity index (χ0n) is 17.8. The average Bonchev–Trinajstić information content (AvgIpc) is 3.16. The van der Waals surface area contributed by atoms with Crippen LogP contribution in [0.25, 0.3) is 11.8 Å². The van der Waals surface area contributed by atoms with Crippen molar-refractivity contribution in [3.05, 3.63) is 121 Å². The van der Waals surface area contributed by atoms with Crippen molar-refractivity contribution >= 4 is 68.3 Å². The highest BCUT2D eigenvalue weighted by atomic mass is 127. The van der Waals surface area contributed by atoms with Gasteiger partial charge < -0.3 is 5.11 Å². The Hall–Kier alpha value is -2.24. The molecule has 1 aliphatic heterocycles. The van der Waals surface area contributed by atoms with E-state index < -0.39 is 0 Å². The third-order valence-electron chi connectivity index (χ3n) is 6.33. The summed E-state index contributed by atoms with van der Waals surface area (Å²) in [5.41, 5.74) is 6.66. The minimum Gasteiger partial charge on any atom is -0.506 e. The second kappa shape index (κ2) is 8.76. The van der Waals surface area contributed by atoms with Gasteiger partial charge in [0.05, 0.1) is 23.4 Å². The summed E-state index contributed by atoms with van der Waals surface area (Å²) >= 11 is 5.66. The summed E-state index contributed by atoms with van der Waals surface area (Å²) < 4.78 is 4.04. The number of hydrogen-bond acceptors (Lipinski definition) is 4. The van der Waals surface area contributed by atoms with Gasteiger partial charge in [0, 0.05) is 5.56 Å². The van der Waals surface area contributed by atoms with Crippen molar-refractivity contribution in [2.24, 2.45) is 4.99 Å². The molecule has 4 nitrogen and oxygen atoms in total. The molecular weight excluding hydrogens is 670 g/mol. The first-order valence-corrected chi connectivity index (χ1v) is 13.8. The lowest BCUT2D eigenvalue weighted by atomic mass is 9.83. The van der Waals surface area contributed by atoms with Crippen LogP contribution in [0.4, 0.5) is 0 Å². The van der Waals surface area contributed by atoms with Gasteiger partial charge in [-0.15, -0.1) is 0 Å². The first-order chi connectivity index (χ1) is 16.5. The number of aromatic nitrogens is 1. The second-order valence-corrected chi connectivity index (χ2v) is 11.7. The van der Waals surface area contributed by atoms with Crippen molar-refractivity contribution in [1.29, 1.82) is 0 Å². The van der Waals surface area contributed by atoms with E-state index in [9.17, 15) is 9.90 Å². The molecule has 0 amide bonds. The number of aromatic hydroxyl groups is 1. The van der Waals surface area contributed by atoms with E-state index in [1.807, 2.05) is 41.0 Å². The SMILES string of the molecule is O=c1/c(=C\c2cc(I)c(O)c(I)c2)sc2n1[C@@H](c1ccccc1)C1=C(N=2)c2ccccc2CC1. The highest BCUT2D eigenvalue weighted by molar-refractivity contribution is 14.1. The van der Waals surface area contributed by atoms with Gasteiger partial charge in [0.2, 0.25) is 0 Å². The van der Waals surface area contributed by atoms with Crippen molar-refractivity contribution in [3.63, 3.8) is 0 Å². The van der Waals surface area contributed by atoms with Crippen molar-refractivity contribution < 1.29 is 5.11 Å². The van der Waals surface area contributed by atoms with E-state index in [1.165, 1.54) is 28.0 Å². The summed E-state index contributed by atoms with van der Waals surface area (Å²) in [5, 5.41) is 10.1. The Balaban J connectivity index is 1.62. The van der Waals surface area contributed by atoms with Crippen LogP contribution in [0.3, 0.4) is 0 Å². The molecule has 0 spiro atoms. The van der Waals surface area contributed by atoms with Crippen molar-refractivity contribution in [2.75, 3.05) is 0 Å². The van der Waals surface area contributed by atoms with Crippen LogP contribution >= 0.6 is 56.5 Å². The molecule has 0 fully saturated rings. The van der Waals surface area contributed by atoms with E-state index in [0.29, 0.717) is 4.53 Å². The predicted octanol–water partition coefficient (Wildman–Crippen LogP) is 5.23. The molecule has 0 saturated carbocycles. The molecule has 6 rings (SSSR count). The van der Waals surface area contributed by atoms with Crippen molar-refractivity contribution in [1.82, 2.24) is 4.57 Å². The number of nitrogens with zero attached hydrogens (tertiary/aromatic N) is 2. The summed E-state index contributed by atoms with van der Waals surface area (Å²) in [6.45, 7) is 0. The van der Waals surface area contributed by atoms with Gasteiger partial charge in [-0.1, -0.05) is 65.9 Å². The van der Waals surface area contributed by atoms with Gasteiger partial charge in [-0.2, -0.15) is 0 Å². The number of benzene rings is 3. The van der Waals surface area contributed by atoms with Crippen LogP contribution in [0, 0.1) is 7.14 Å². The minimum absolute atomic E-state index is 0.0268. The Bertz CT molecular complexity index is 1650. The van der Waals surface area contributed by atoms with Gasteiger partial charge in [-0.3, -0.25) is 9.36 Å². The molecule has 4 aromatic rings. The Labute approximate surface area is 227 Å². The van der Waals surface area contributed by atoms with Crippen LogP contribution in [0.2, 0.25) is 0 Å². The molecule has 1 aliphatic carbocycles. The van der Waals surface area contributed by atoms with E-state index in [-0.39, 0.29) is 17.4 Å². The Morgan fingerprint density at radius 2 is 1.71 bits per heavy atom. The zero-order chi connectivity index (χ0) is 23.4. The summed E-state index contributed by atoms with van der Waals surface area (Å²) in [6.07, 6.45) is 3.74. The van der Waals surface area contributed by atoms with Gasteiger partial charge in [-0.05, 0) is 98.5 Å². The number of hydrogen-bond donors (Lipinski definition) is 1. The molecular formula is C27H18I2N2O2S. The fourth-order valence-corrected chi connectivity index (χ4v) is 7.59. The highest BCUT2D eigenvalue weighted by Gasteiger charge is 2.32. The van der Waals surface area contributed by atoms with Crippen molar-refractivity contribution in [2.45, 2.75) is 18.9 Å². The molecule has 7 heteroatoms. The van der Waals surface area contributed by atoms with Gasteiger partial charge in [0.1, 0.15) is 5.75 Å². The van der Waals surface area contributed by atoms with Crippen LogP contribution in [0.5, 0.6) is 5.75 Å². The molecule has 34 heavy (non-hydrogen) atoms. The molecule has 0 unspecified atom stereocenters. The van der Waals surface area contributed by atoms with Gasteiger partial charge in [-0.25, -0.2) is 4.99 Å². The number of phenolic OH excluding ortho intramolecular Hbond substituents is 1. The Kier molecular flexibility index (Phi) is 5.73. The topological polar surface area (TPSA) is 54.6 Å². The van der Waals surface area contributed by atoms with E-state index in [0.717, 1.165) is 41.6 Å². The number of halogens is 2. The van der Waals surface area contributed by atoms with Crippen LogP contribution in [-0.2, 0) is 6.42 Å². The van der Waals surface area contributed by atoms with E-state index >= 15 is 0 Å². The van der Waals surface area contributed by atoms with Crippen LogP contribution in [0.1, 0.15) is 34.7 Å². The van der Waals surface area contributed by atoms with E-state index in [2.05, 4.69) is 81.6 Å². The number of allylic oxidation sites excluding steroid dienone is 1. The molecule has 2 heterocycles. The third-order valence-corrected chi connectivity index (χ3v) is 8.95. The number of thiazole rings is 1. The first kappa shape index (κ1) is 22.2.